The highest BCUT2D eigenvalue weighted by Crippen LogP contribution is 2.29. The summed E-state index contributed by atoms with van der Waals surface area (Å²) in [6.45, 7) is 5.08. The molecular formula is C25H24F3N7O3. The Bertz CT molecular complexity index is 1340. The number of pyridine rings is 1. The van der Waals surface area contributed by atoms with Crippen molar-refractivity contribution in [3.8, 4) is 28.4 Å². The van der Waals surface area contributed by atoms with Gasteiger partial charge in [0.1, 0.15) is 12.4 Å². The Hall–Kier alpha value is -4.10. The van der Waals surface area contributed by atoms with Gasteiger partial charge in [0, 0.05) is 43.2 Å². The molecule has 1 saturated heterocycles. The number of hydrogen-bond donors (Lipinski definition) is 1. The van der Waals surface area contributed by atoms with Crippen LogP contribution in [0.3, 0.4) is 0 Å². The van der Waals surface area contributed by atoms with Gasteiger partial charge in [-0.2, -0.15) is 18.2 Å². The highest BCUT2D eigenvalue weighted by atomic mass is 19.4. The predicted octanol–water partition coefficient (Wildman–Crippen LogP) is 3.93. The molecule has 4 aromatic rings. The smallest absolute Gasteiger partial charge is 0.471 e. The Morgan fingerprint density at radius 3 is 2.63 bits per heavy atom. The number of halogens is 3. The van der Waals surface area contributed by atoms with Crippen LogP contribution < -0.4 is 10.1 Å². The fraction of sp³-hybridized carbons (Fsp3) is 0.320. The molecule has 3 aromatic heterocycles. The molecule has 0 saturated carbocycles. The summed E-state index contributed by atoms with van der Waals surface area (Å²) in [5.41, 5.74) is 2.54. The van der Waals surface area contributed by atoms with E-state index in [1.807, 2.05) is 30.3 Å². The van der Waals surface area contributed by atoms with Gasteiger partial charge in [0.25, 0.3) is 0 Å². The fourth-order valence-corrected chi connectivity index (χ4v) is 3.75. The third-order valence-corrected chi connectivity index (χ3v) is 5.74. The van der Waals surface area contributed by atoms with Crippen molar-refractivity contribution in [2.24, 2.45) is 0 Å². The van der Waals surface area contributed by atoms with E-state index >= 15 is 0 Å². The maximum Gasteiger partial charge on any atom is 0.471 e. The standard InChI is InChI=1S/C25H24F3N7O3/c26-25(27,28)23-33-22(34-38-23)18-4-5-19(30-15-18)16-31-24-29-7-6-21(32-24)17-2-1-3-20(14-17)37-13-10-35-8-11-36-12-9-35/h1-7,14-15H,8-13,16H2,(H,29,31,32). The van der Waals surface area contributed by atoms with Gasteiger partial charge in [-0.1, -0.05) is 17.3 Å². The SMILES string of the molecule is FC(F)(F)c1nc(-c2ccc(CNc3nccc(-c4cccc(OCCN5CCOCC5)c4)n3)nc2)no1. The number of nitrogens with one attached hydrogen (secondary N) is 1. The van der Waals surface area contributed by atoms with Crippen molar-refractivity contribution in [1.82, 2.24) is 30.0 Å². The van der Waals surface area contributed by atoms with Crippen LogP contribution in [0.15, 0.2) is 59.4 Å². The molecule has 198 valence electrons. The van der Waals surface area contributed by atoms with Crippen molar-refractivity contribution in [1.29, 1.82) is 0 Å². The summed E-state index contributed by atoms with van der Waals surface area (Å²) in [6, 6.07) is 12.7. The normalized spacial score (nSPS) is 14.4. The highest BCUT2D eigenvalue weighted by molar-refractivity contribution is 5.62. The maximum atomic E-state index is 12.7. The molecule has 1 fully saturated rings. The summed E-state index contributed by atoms with van der Waals surface area (Å²) in [5.74, 6) is -0.426. The predicted molar refractivity (Wildman–Crippen MR) is 130 cm³/mol. The Balaban J connectivity index is 1.17. The van der Waals surface area contributed by atoms with Gasteiger partial charge in [0.15, 0.2) is 0 Å². The zero-order valence-corrected chi connectivity index (χ0v) is 20.2. The van der Waals surface area contributed by atoms with Crippen LogP contribution in [0.4, 0.5) is 19.1 Å². The lowest BCUT2D eigenvalue weighted by molar-refractivity contribution is -0.159. The molecule has 1 aromatic carbocycles. The van der Waals surface area contributed by atoms with Crippen LogP contribution >= 0.6 is 0 Å². The summed E-state index contributed by atoms with van der Waals surface area (Å²) in [5, 5.41) is 6.47. The highest BCUT2D eigenvalue weighted by Gasteiger charge is 2.38. The van der Waals surface area contributed by atoms with E-state index in [2.05, 4.69) is 39.8 Å². The second kappa shape index (κ2) is 11.5. The first-order valence-electron chi connectivity index (χ1n) is 11.9. The third kappa shape index (κ3) is 6.61. The Labute approximate surface area is 215 Å². The number of alkyl halides is 3. The van der Waals surface area contributed by atoms with Crippen LogP contribution in [0.1, 0.15) is 11.6 Å². The van der Waals surface area contributed by atoms with Gasteiger partial charge >= 0.3 is 12.1 Å². The van der Waals surface area contributed by atoms with Crippen LogP contribution in [-0.2, 0) is 17.5 Å². The van der Waals surface area contributed by atoms with E-state index in [-0.39, 0.29) is 5.82 Å². The van der Waals surface area contributed by atoms with E-state index in [1.165, 1.54) is 6.20 Å². The van der Waals surface area contributed by atoms with Crippen molar-refractivity contribution in [2.75, 3.05) is 44.8 Å². The maximum absolute atomic E-state index is 12.7. The first-order valence-corrected chi connectivity index (χ1v) is 11.9. The van der Waals surface area contributed by atoms with Crippen molar-refractivity contribution in [2.45, 2.75) is 12.7 Å². The lowest BCUT2D eigenvalue weighted by Gasteiger charge is -2.26. The minimum Gasteiger partial charge on any atom is -0.492 e. The van der Waals surface area contributed by atoms with Gasteiger partial charge in [-0.05, 0) is 30.3 Å². The molecule has 1 aliphatic heterocycles. The van der Waals surface area contributed by atoms with E-state index in [0.29, 0.717) is 30.4 Å². The lowest BCUT2D eigenvalue weighted by Crippen LogP contribution is -2.38. The van der Waals surface area contributed by atoms with Gasteiger partial charge in [0.05, 0.1) is 31.1 Å². The average molecular weight is 528 g/mol. The monoisotopic (exact) mass is 527 g/mol. The molecule has 4 heterocycles. The molecule has 0 atom stereocenters. The number of aromatic nitrogens is 5. The molecule has 5 rings (SSSR count). The Kier molecular flexibility index (Phi) is 7.75. The molecule has 0 amide bonds. The number of ether oxygens (including phenoxy) is 2. The molecule has 10 nitrogen and oxygen atoms in total. The van der Waals surface area contributed by atoms with E-state index in [0.717, 1.165) is 49.9 Å². The average Bonchev–Trinajstić information content (AvgIpc) is 3.45. The molecule has 0 unspecified atom stereocenters. The van der Waals surface area contributed by atoms with Crippen molar-refractivity contribution < 1.29 is 27.2 Å². The zero-order chi connectivity index (χ0) is 26.4. The third-order valence-electron chi connectivity index (χ3n) is 5.74. The van der Waals surface area contributed by atoms with E-state index in [4.69, 9.17) is 9.47 Å². The largest absolute Gasteiger partial charge is 0.492 e. The van der Waals surface area contributed by atoms with Crippen LogP contribution in [0, 0.1) is 0 Å². The minimum atomic E-state index is -4.70. The molecule has 0 spiro atoms. The summed E-state index contributed by atoms with van der Waals surface area (Å²) in [4.78, 5) is 18.8. The number of nitrogens with zero attached hydrogens (tertiary/aromatic N) is 6. The summed E-state index contributed by atoms with van der Waals surface area (Å²) in [7, 11) is 0. The van der Waals surface area contributed by atoms with Gasteiger partial charge in [-0.25, -0.2) is 9.97 Å². The van der Waals surface area contributed by atoms with E-state index < -0.39 is 12.1 Å². The molecule has 13 heteroatoms. The van der Waals surface area contributed by atoms with Crippen LogP contribution in [0.5, 0.6) is 5.75 Å². The number of rotatable bonds is 9. The van der Waals surface area contributed by atoms with Gasteiger partial charge in [-0.3, -0.25) is 9.88 Å². The van der Waals surface area contributed by atoms with Gasteiger partial charge in [0.2, 0.25) is 11.8 Å². The minimum absolute atomic E-state index is 0.187. The summed E-state index contributed by atoms with van der Waals surface area (Å²) < 4.78 is 53.6. The first kappa shape index (κ1) is 25.5. The molecule has 38 heavy (non-hydrogen) atoms. The quantitative estimate of drug-likeness (QED) is 0.344. The van der Waals surface area contributed by atoms with Crippen LogP contribution in [0.2, 0.25) is 0 Å². The Morgan fingerprint density at radius 2 is 1.87 bits per heavy atom. The molecule has 1 aliphatic rings. The second-order valence-corrected chi connectivity index (χ2v) is 8.41. The topological polar surface area (TPSA) is 111 Å². The Morgan fingerprint density at radius 1 is 1.00 bits per heavy atom. The molecule has 0 bridgehead atoms. The zero-order valence-electron chi connectivity index (χ0n) is 20.2. The van der Waals surface area contributed by atoms with Gasteiger partial charge < -0.3 is 19.3 Å². The van der Waals surface area contributed by atoms with E-state index in [1.54, 1.807) is 18.3 Å². The number of anilines is 1. The molecule has 0 aliphatic carbocycles. The van der Waals surface area contributed by atoms with Crippen molar-refractivity contribution in [3.63, 3.8) is 0 Å². The van der Waals surface area contributed by atoms with Crippen molar-refractivity contribution >= 4 is 5.95 Å². The second-order valence-electron chi connectivity index (χ2n) is 8.41. The lowest BCUT2D eigenvalue weighted by atomic mass is 10.1. The van der Waals surface area contributed by atoms with Gasteiger partial charge in [-0.15, -0.1) is 0 Å². The van der Waals surface area contributed by atoms with Crippen LogP contribution in [0.25, 0.3) is 22.6 Å². The number of hydrogen-bond acceptors (Lipinski definition) is 10. The molecule has 0 radical (unpaired) electrons. The van der Waals surface area contributed by atoms with E-state index in [9.17, 15) is 13.2 Å². The molecule has 1 N–H and O–H groups in total. The molecular weight excluding hydrogens is 503 g/mol. The van der Waals surface area contributed by atoms with Crippen LogP contribution in [-0.4, -0.2) is 69.4 Å². The fourth-order valence-electron chi connectivity index (χ4n) is 3.75. The number of morpholine rings is 1. The first-order chi connectivity index (χ1) is 18.4. The van der Waals surface area contributed by atoms with Crippen molar-refractivity contribution in [3.05, 3.63) is 66.4 Å². The summed E-state index contributed by atoms with van der Waals surface area (Å²) in [6.07, 6.45) is -1.67. The summed E-state index contributed by atoms with van der Waals surface area (Å²) >= 11 is 0. The number of benzene rings is 1.